The summed E-state index contributed by atoms with van der Waals surface area (Å²) in [4.78, 5) is 0. The number of ether oxygens (including phenoxy) is 1. The lowest BCUT2D eigenvalue weighted by atomic mass is 10.0. The molecule has 0 aromatic carbocycles. The van der Waals surface area contributed by atoms with E-state index < -0.39 is 0 Å². The van der Waals surface area contributed by atoms with Crippen LogP contribution in [-0.2, 0) is 4.74 Å². The van der Waals surface area contributed by atoms with Crippen LogP contribution in [0.4, 0.5) is 0 Å². The molecule has 0 heterocycles. The van der Waals surface area contributed by atoms with Crippen LogP contribution in [0.25, 0.3) is 0 Å². The van der Waals surface area contributed by atoms with E-state index in [0.717, 1.165) is 6.42 Å². The fraction of sp³-hybridized carbons (Fsp3) is 0.556. The van der Waals surface area contributed by atoms with Crippen LogP contribution in [0, 0.1) is 0 Å². The Kier molecular flexibility index (Phi) is 3.16. The Hall–Kier alpha value is -0.270. The molecular weight excluding hydrogens is 160 g/mol. The van der Waals surface area contributed by atoms with Gasteiger partial charge in [0, 0.05) is 7.11 Å². The highest BCUT2D eigenvalue weighted by atomic mass is 35.5. The van der Waals surface area contributed by atoms with Crippen LogP contribution >= 0.6 is 11.6 Å². The first-order valence-electron chi connectivity index (χ1n) is 3.83. The minimum Gasteiger partial charge on any atom is -0.375 e. The van der Waals surface area contributed by atoms with Gasteiger partial charge in [0.15, 0.2) is 0 Å². The molecule has 0 spiro atoms. The summed E-state index contributed by atoms with van der Waals surface area (Å²) in [5.41, 5.74) is 1.29. The highest BCUT2D eigenvalue weighted by molar-refractivity contribution is 6.22. The molecule has 0 aromatic heterocycles. The van der Waals surface area contributed by atoms with Crippen LogP contribution in [0.15, 0.2) is 23.8 Å². The van der Waals surface area contributed by atoms with Gasteiger partial charge in [0.25, 0.3) is 0 Å². The minimum absolute atomic E-state index is 0.0000463. The maximum Gasteiger partial charge on any atom is 0.0954 e. The molecule has 0 aromatic rings. The van der Waals surface area contributed by atoms with E-state index in [1.165, 1.54) is 5.57 Å². The van der Waals surface area contributed by atoms with Crippen LogP contribution in [-0.4, -0.2) is 18.6 Å². The highest BCUT2D eigenvalue weighted by Crippen LogP contribution is 2.19. The van der Waals surface area contributed by atoms with Gasteiger partial charge >= 0.3 is 0 Å². The van der Waals surface area contributed by atoms with Crippen molar-refractivity contribution in [2.75, 3.05) is 7.11 Å². The number of alkyl halides is 1. The smallest absolute Gasteiger partial charge is 0.0954 e. The van der Waals surface area contributed by atoms with Crippen LogP contribution in [0.1, 0.15) is 13.3 Å². The predicted octanol–water partition coefficient (Wildman–Crippen LogP) is 2.52. The van der Waals surface area contributed by atoms with Gasteiger partial charge in [-0.3, -0.25) is 0 Å². The van der Waals surface area contributed by atoms with Crippen LogP contribution in [0.2, 0.25) is 0 Å². The molecule has 1 rings (SSSR count). The molecule has 0 saturated carbocycles. The van der Waals surface area contributed by atoms with Crippen molar-refractivity contribution in [3.63, 3.8) is 0 Å². The first-order chi connectivity index (χ1) is 5.27. The van der Waals surface area contributed by atoms with E-state index in [-0.39, 0.29) is 11.5 Å². The second kappa shape index (κ2) is 3.93. The van der Waals surface area contributed by atoms with E-state index in [1.54, 1.807) is 7.11 Å². The SMILES string of the molecule is CCC1=CC(Cl)C(OC)C=C1. The second-order valence-corrected chi connectivity index (χ2v) is 3.10. The van der Waals surface area contributed by atoms with Crippen molar-refractivity contribution in [3.05, 3.63) is 23.8 Å². The average Bonchev–Trinajstić information content (AvgIpc) is 2.04. The monoisotopic (exact) mass is 172 g/mol. The van der Waals surface area contributed by atoms with Gasteiger partial charge < -0.3 is 4.74 Å². The van der Waals surface area contributed by atoms with Crippen LogP contribution < -0.4 is 0 Å². The fourth-order valence-electron chi connectivity index (χ4n) is 1.12. The summed E-state index contributed by atoms with van der Waals surface area (Å²) >= 11 is 6.00. The molecule has 0 amide bonds. The molecule has 1 nitrogen and oxygen atoms in total. The summed E-state index contributed by atoms with van der Waals surface area (Å²) in [5.74, 6) is 0. The second-order valence-electron chi connectivity index (χ2n) is 2.60. The van der Waals surface area contributed by atoms with E-state index in [9.17, 15) is 0 Å². The number of allylic oxidation sites excluding steroid dienone is 2. The molecule has 11 heavy (non-hydrogen) atoms. The Balaban J connectivity index is 2.63. The molecule has 62 valence electrons. The number of halogens is 1. The number of rotatable bonds is 2. The molecule has 0 N–H and O–H groups in total. The topological polar surface area (TPSA) is 9.23 Å². The van der Waals surface area contributed by atoms with Crippen molar-refractivity contribution in [1.82, 2.24) is 0 Å². The first-order valence-corrected chi connectivity index (χ1v) is 4.27. The van der Waals surface area contributed by atoms with Gasteiger partial charge in [-0.05, 0) is 6.42 Å². The standard InChI is InChI=1S/C9H13ClO/c1-3-7-4-5-9(11-2)8(10)6-7/h4-6,8-9H,3H2,1-2H3. The van der Waals surface area contributed by atoms with Crippen molar-refractivity contribution in [3.8, 4) is 0 Å². The molecule has 1 aliphatic rings. The number of hydrogen-bond acceptors (Lipinski definition) is 1. The maximum atomic E-state index is 6.00. The zero-order valence-corrected chi connectivity index (χ0v) is 7.64. The molecule has 0 saturated heterocycles. The number of hydrogen-bond donors (Lipinski definition) is 0. The van der Waals surface area contributed by atoms with Crippen molar-refractivity contribution < 1.29 is 4.74 Å². The lowest BCUT2D eigenvalue weighted by molar-refractivity contribution is 0.145. The van der Waals surface area contributed by atoms with Crippen LogP contribution in [0.3, 0.4) is 0 Å². The zero-order chi connectivity index (χ0) is 8.27. The average molecular weight is 173 g/mol. The Labute approximate surface area is 72.7 Å². The van der Waals surface area contributed by atoms with Gasteiger partial charge in [-0.2, -0.15) is 0 Å². The van der Waals surface area contributed by atoms with Crippen molar-refractivity contribution >= 4 is 11.6 Å². The summed E-state index contributed by atoms with van der Waals surface area (Å²) in [6, 6.07) is 0. The van der Waals surface area contributed by atoms with Gasteiger partial charge in [-0.1, -0.05) is 30.7 Å². The molecule has 0 radical (unpaired) electrons. The van der Waals surface area contributed by atoms with E-state index in [1.807, 2.05) is 6.08 Å². The summed E-state index contributed by atoms with van der Waals surface area (Å²) in [6.07, 6.45) is 7.22. The fourth-order valence-corrected chi connectivity index (χ4v) is 1.47. The summed E-state index contributed by atoms with van der Waals surface area (Å²) in [5, 5.41) is -0.0000463. The normalized spacial score (nSPS) is 30.3. The van der Waals surface area contributed by atoms with Crippen molar-refractivity contribution in [1.29, 1.82) is 0 Å². The van der Waals surface area contributed by atoms with Gasteiger partial charge in [-0.15, -0.1) is 11.6 Å². The molecular formula is C9H13ClO. The van der Waals surface area contributed by atoms with Crippen molar-refractivity contribution in [2.45, 2.75) is 24.8 Å². The molecule has 2 unspecified atom stereocenters. The van der Waals surface area contributed by atoms with E-state index in [2.05, 4.69) is 19.1 Å². The zero-order valence-electron chi connectivity index (χ0n) is 6.88. The Morgan fingerprint density at radius 1 is 1.64 bits per heavy atom. The molecule has 0 bridgehead atoms. The molecule has 2 atom stereocenters. The van der Waals surface area contributed by atoms with Gasteiger partial charge in [0.1, 0.15) is 0 Å². The van der Waals surface area contributed by atoms with Crippen molar-refractivity contribution in [2.24, 2.45) is 0 Å². The van der Waals surface area contributed by atoms with E-state index in [0.29, 0.717) is 0 Å². The van der Waals surface area contributed by atoms with Gasteiger partial charge in [0.05, 0.1) is 11.5 Å². The maximum absolute atomic E-state index is 6.00. The predicted molar refractivity (Wildman–Crippen MR) is 48.0 cm³/mol. The lowest BCUT2D eigenvalue weighted by Gasteiger charge is -2.19. The van der Waals surface area contributed by atoms with Gasteiger partial charge in [-0.25, -0.2) is 0 Å². The largest absolute Gasteiger partial charge is 0.375 e. The molecule has 0 fully saturated rings. The molecule has 0 aliphatic heterocycles. The molecule has 2 heteroatoms. The van der Waals surface area contributed by atoms with Gasteiger partial charge in [0.2, 0.25) is 0 Å². The Morgan fingerprint density at radius 3 is 2.82 bits per heavy atom. The lowest BCUT2D eigenvalue weighted by Crippen LogP contribution is -2.21. The summed E-state index contributed by atoms with van der Waals surface area (Å²) in [6.45, 7) is 2.12. The third-order valence-corrected chi connectivity index (χ3v) is 2.24. The Morgan fingerprint density at radius 2 is 2.36 bits per heavy atom. The highest BCUT2D eigenvalue weighted by Gasteiger charge is 2.16. The quantitative estimate of drug-likeness (QED) is 0.582. The third kappa shape index (κ3) is 2.08. The summed E-state index contributed by atoms with van der Waals surface area (Å²) in [7, 11) is 1.68. The minimum atomic E-state index is -0.0000463. The van der Waals surface area contributed by atoms with Crippen LogP contribution in [0.5, 0.6) is 0 Å². The van der Waals surface area contributed by atoms with E-state index in [4.69, 9.17) is 16.3 Å². The Bertz CT molecular complexity index is 184. The third-order valence-electron chi connectivity index (χ3n) is 1.87. The first kappa shape index (κ1) is 8.82. The summed E-state index contributed by atoms with van der Waals surface area (Å²) < 4.78 is 5.13. The molecule has 1 aliphatic carbocycles. The van der Waals surface area contributed by atoms with E-state index >= 15 is 0 Å². The number of methoxy groups -OCH3 is 1.